The number of nitrogens with zero attached hydrogens (tertiary/aromatic N) is 4. The summed E-state index contributed by atoms with van der Waals surface area (Å²) in [5.74, 6) is 0.628. The van der Waals surface area contributed by atoms with E-state index in [1.807, 2.05) is 36.5 Å². The summed E-state index contributed by atoms with van der Waals surface area (Å²) in [4.78, 5) is 30.8. The van der Waals surface area contributed by atoms with Gasteiger partial charge in [-0.15, -0.1) is 10.2 Å². The maximum absolute atomic E-state index is 12.7. The van der Waals surface area contributed by atoms with Crippen LogP contribution in [-0.4, -0.2) is 40.7 Å². The van der Waals surface area contributed by atoms with Crippen LogP contribution < -0.4 is 15.0 Å². The zero-order valence-corrected chi connectivity index (χ0v) is 17.8. The highest BCUT2D eigenvalue weighted by molar-refractivity contribution is 8.00. The summed E-state index contributed by atoms with van der Waals surface area (Å²) in [6.45, 7) is 0.319. The van der Waals surface area contributed by atoms with Gasteiger partial charge in [-0.3, -0.25) is 14.6 Å². The minimum absolute atomic E-state index is 0.0895. The van der Waals surface area contributed by atoms with Gasteiger partial charge in [0, 0.05) is 42.9 Å². The summed E-state index contributed by atoms with van der Waals surface area (Å²) >= 11 is 2.85. The molecule has 0 unspecified atom stereocenters. The molecule has 30 heavy (non-hydrogen) atoms. The third kappa shape index (κ3) is 4.77. The molecule has 0 radical (unpaired) electrons. The van der Waals surface area contributed by atoms with Gasteiger partial charge in [0.05, 0.1) is 13.0 Å². The molecule has 3 heterocycles. The number of aromatic nitrogens is 3. The maximum atomic E-state index is 12.7. The summed E-state index contributed by atoms with van der Waals surface area (Å²) in [6, 6.07) is 11.1. The van der Waals surface area contributed by atoms with Crippen molar-refractivity contribution in [2.45, 2.75) is 16.5 Å². The number of anilines is 2. The molecule has 0 bridgehead atoms. The van der Waals surface area contributed by atoms with Gasteiger partial charge in [0.15, 0.2) is 4.34 Å². The molecule has 3 aromatic rings. The first-order chi connectivity index (χ1) is 14.6. The van der Waals surface area contributed by atoms with Gasteiger partial charge in [-0.25, -0.2) is 0 Å². The number of ether oxygens (including phenoxy) is 1. The minimum Gasteiger partial charge on any atom is -0.497 e. The summed E-state index contributed by atoms with van der Waals surface area (Å²) < 4.78 is 5.98. The highest BCUT2D eigenvalue weighted by atomic mass is 32.2. The van der Waals surface area contributed by atoms with Crippen molar-refractivity contribution in [3.05, 3.63) is 54.4 Å². The van der Waals surface area contributed by atoms with Crippen molar-refractivity contribution in [1.29, 1.82) is 0 Å². The van der Waals surface area contributed by atoms with Crippen LogP contribution in [0, 0.1) is 5.92 Å². The van der Waals surface area contributed by atoms with E-state index in [4.69, 9.17) is 4.74 Å². The molecule has 10 heteroatoms. The van der Waals surface area contributed by atoms with Crippen molar-refractivity contribution in [3.63, 3.8) is 0 Å². The van der Waals surface area contributed by atoms with E-state index in [1.54, 1.807) is 24.3 Å². The Kier molecular flexibility index (Phi) is 6.24. The van der Waals surface area contributed by atoms with Gasteiger partial charge in [-0.2, -0.15) is 0 Å². The van der Waals surface area contributed by atoms with E-state index in [0.29, 0.717) is 17.4 Å². The van der Waals surface area contributed by atoms with Crippen LogP contribution in [0.1, 0.15) is 12.0 Å². The number of methoxy groups -OCH3 is 1. The number of thioether (sulfide) groups is 1. The van der Waals surface area contributed by atoms with Crippen LogP contribution in [0.2, 0.25) is 0 Å². The number of hydrogen-bond donors (Lipinski definition) is 1. The van der Waals surface area contributed by atoms with Gasteiger partial charge in [0.25, 0.3) is 0 Å². The number of pyridine rings is 1. The molecule has 1 aromatic carbocycles. The Morgan fingerprint density at radius 2 is 2.23 bits per heavy atom. The van der Waals surface area contributed by atoms with Gasteiger partial charge >= 0.3 is 0 Å². The van der Waals surface area contributed by atoms with Gasteiger partial charge in [0.2, 0.25) is 16.9 Å². The lowest BCUT2D eigenvalue weighted by atomic mass is 10.1. The van der Waals surface area contributed by atoms with Gasteiger partial charge < -0.3 is 15.0 Å². The van der Waals surface area contributed by atoms with Crippen LogP contribution in [0.5, 0.6) is 5.75 Å². The SMILES string of the molecule is COc1cccc(N2C[C@H](C(=O)Nc3nnc(SCc4cccnc4)s3)CC2=O)c1. The second kappa shape index (κ2) is 9.23. The number of nitrogens with one attached hydrogen (secondary N) is 1. The molecule has 1 aliphatic rings. The Balaban J connectivity index is 1.34. The van der Waals surface area contributed by atoms with E-state index in [0.717, 1.165) is 21.3 Å². The van der Waals surface area contributed by atoms with Gasteiger partial charge in [-0.05, 0) is 23.8 Å². The van der Waals surface area contributed by atoms with Crippen LogP contribution >= 0.6 is 23.1 Å². The number of carbonyl (C=O) groups is 2. The second-order valence-electron chi connectivity index (χ2n) is 6.62. The number of rotatable bonds is 7. The smallest absolute Gasteiger partial charge is 0.231 e. The Morgan fingerprint density at radius 3 is 3.03 bits per heavy atom. The van der Waals surface area contributed by atoms with E-state index in [-0.39, 0.29) is 18.2 Å². The molecule has 154 valence electrons. The lowest BCUT2D eigenvalue weighted by Gasteiger charge is -2.17. The third-order valence-electron chi connectivity index (χ3n) is 4.58. The van der Waals surface area contributed by atoms with Crippen molar-refractivity contribution in [3.8, 4) is 5.75 Å². The van der Waals surface area contributed by atoms with Crippen LogP contribution in [0.15, 0.2) is 53.1 Å². The first kappa shape index (κ1) is 20.3. The monoisotopic (exact) mass is 441 g/mol. The van der Waals surface area contributed by atoms with Crippen LogP contribution in [0.4, 0.5) is 10.8 Å². The van der Waals surface area contributed by atoms with Crippen molar-refractivity contribution in [2.24, 2.45) is 5.92 Å². The van der Waals surface area contributed by atoms with Crippen molar-refractivity contribution >= 4 is 45.7 Å². The minimum atomic E-state index is -0.445. The average Bonchev–Trinajstić information content (AvgIpc) is 3.39. The Hall–Kier alpha value is -2.98. The van der Waals surface area contributed by atoms with E-state index in [9.17, 15) is 9.59 Å². The first-order valence-electron chi connectivity index (χ1n) is 9.23. The van der Waals surface area contributed by atoms with Crippen LogP contribution in [0.25, 0.3) is 0 Å². The third-order valence-corrected chi connectivity index (χ3v) is 6.63. The fourth-order valence-corrected chi connectivity index (χ4v) is 4.75. The molecule has 0 aliphatic carbocycles. The fourth-order valence-electron chi connectivity index (χ4n) is 3.07. The van der Waals surface area contributed by atoms with Crippen molar-refractivity contribution in [2.75, 3.05) is 23.9 Å². The molecule has 2 aromatic heterocycles. The zero-order chi connectivity index (χ0) is 20.9. The highest BCUT2D eigenvalue weighted by Gasteiger charge is 2.35. The first-order valence-corrected chi connectivity index (χ1v) is 11.0. The number of benzene rings is 1. The molecule has 8 nitrogen and oxygen atoms in total. The van der Waals surface area contributed by atoms with Crippen LogP contribution in [-0.2, 0) is 15.3 Å². The molecule has 1 N–H and O–H groups in total. The summed E-state index contributed by atoms with van der Waals surface area (Å²) in [6.07, 6.45) is 3.70. The number of hydrogen-bond acceptors (Lipinski definition) is 8. The quantitative estimate of drug-likeness (QED) is 0.444. The Labute approximate surface area is 181 Å². The predicted octanol–water partition coefficient (Wildman–Crippen LogP) is 3.23. The summed E-state index contributed by atoms with van der Waals surface area (Å²) in [5.41, 5.74) is 1.81. The van der Waals surface area contributed by atoms with E-state index < -0.39 is 5.92 Å². The Bertz CT molecular complexity index is 1040. The van der Waals surface area contributed by atoms with E-state index >= 15 is 0 Å². The highest BCUT2D eigenvalue weighted by Crippen LogP contribution is 2.31. The molecule has 1 atom stereocenters. The van der Waals surface area contributed by atoms with E-state index in [2.05, 4.69) is 20.5 Å². The summed E-state index contributed by atoms with van der Waals surface area (Å²) in [5, 5.41) is 11.4. The molecule has 1 fully saturated rings. The molecule has 0 saturated carbocycles. The standard InChI is InChI=1S/C20H19N5O3S2/c1-28-16-6-2-5-15(9-16)25-11-14(8-17(25)26)18(27)22-19-23-24-20(30-19)29-12-13-4-3-7-21-10-13/h2-7,9-10,14H,8,11-12H2,1H3,(H,22,23,27)/t14-/m1/s1. The summed E-state index contributed by atoms with van der Waals surface area (Å²) in [7, 11) is 1.58. The topological polar surface area (TPSA) is 97.3 Å². The van der Waals surface area contributed by atoms with Gasteiger partial charge in [0.1, 0.15) is 5.75 Å². The normalized spacial score (nSPS) is 16.0. The van der Waals surface area contributed by atoms with Gasteiger partial charge in [-0.1, -0.05) is 35.2 Å². The molecular formula is C20H19N5O3S2. The number of amides is 2. The Morgan fingerprint density at radius 1 is 1.33 bits per heavy atom. The zero-order valence-electron chi connectivity index (χ0n) is 16.1. The van der Waals surface area contributed by atoms with E-state index in [1.165, 1.54) is 23.1 Å². The molecule has 2 amide bonds. The molecular weight excluding hydrogens is 422 g/mol. The molecule has 1 aliphatic heterocycles. The largest absolute Gasteiger partial charge is 0.497 e. The van der Waals surface area contributed by atoms with Crippen molar-refractivity contribution in [1.82, 2.24) is 15.2 Å². The lowest BCUT2D eigenvalue weighted by molar-refractivity contribution is -0.122. The molecule has 0 spiro atoms. The second-order valence-corrected chi connectivity index (χ2v) is 8.82. The molecule has 1 saturated heterocycles. The maximum Gasteiger partial charge on any atom is 0.231 e. The molecule has 4 rings (SSSR count). The van der Waals surface area contributed by atoms with Crippen molar-refractivity contribution < 1.29 is 14.3 Å². The average molecular weight is 442 g/mol. The number of carbonyl (C=O) groups excluding carboxylic acids is 2. The van der Waals surface area contributed by atoms with Crippen LogP contribution in [0.3, 0.4) is 0 Å². The fraction of sp³-hybridized carbons (Fsp3) is 0.250. The predicted molar refractivity (Wildman–Crippen MR) is 116 cm³/mol. The lowest BCUT2D eigenvalue weighted by Crippen LogP contribution is -2.28.